The number of nitrogens with zero attached hydrogens (tertiary/aromatic N) is 1. The lowest BCUT2D eigenvalue weighted by molar-refractivity contribution is 0.0944. The average molecular weight is 427 g/mol. The summed E-state index contributed by atoms with van der Waals surface area (Å²) in [7, 11) is 1.70. The number of aryl methyl sites for hydroxylation is 1. The van der Waals surface area contributed by atoms with E-state index in [1.165, 1.54) is 11.1 Å². The molecule has 0 amide bonds. The van der Waals surface area contributed by atoms with Crippen molar-refractivity contribution in [3.63, 3.8) is 0 Å². The minimum atomic E-state index is -0.400. The topological polar surface area (TPSA) is 43.3 Å². The van der Waals surface area contributed by atoms with Gasteiger partial charge in [-0.15, -0.1) is 0 Å². The fourth-order valence-electron chi connectivity index (χ4n) is 4.10. The van der Waals surface area contributed by atoms with E-state index in [9.17, 15) is 4.79 Å². The van der Waals surface area contributed by atoms with E-state index in [4.69, 9.17) is 4.74 Å². The van der Waals surface area contributed by atoms with Crippen molar-refractivity contribution in [2.45, 2.75) is 25.9 Å². The van der Waals surface area contributed by atoms with Crippen molar-refractivity contribution in [3.05, 3.63) is 107 Å². The molecule has 164 valence electrons. The highest BCUT2D eigenvalue weighted by Gasteiger charge is 2.25. The lowest BCUT2D eigenvalue weighted by Gasteiger charge is -2.18. The van der Waals surface area contributed by atoms with Gasteiger partial charge in [-0.25, -0.2) is 0 Å². The van der Waals surface area contributed by atoms with Gasteiger partial charge in [0.25, 0.3) is 0 Å². The van der Waals surface area contributed by atoms with Gasteiger partial charge in [-0.1, -0.05) is 78.4 Å². The zero-order valence-corrected chi connectivity index (χ0v) is 18.8. The predicted molar refractivity (Wildman–Crippen MR) is 130 cm³/mol. The van der Waals surface area contributed by atoms with Crippen LogP contribution in [-0.2, 0) is 17.7 Å². The van der Waals surface area contributed by atoms with Gasteiger partial charge >= 0.3 is 0 Å². The number of rotatable bonds is 10. The van der Waals surface area contributed by atoms with Gasteiger partial charge in [0.1, 0.15) is 0 Å². The van der Waals surface area contributed by atoms with E-state index in [-0.39, 0.29) is 5.78 Å². The summed E-state index contributed by atoms with van der Waals surface area (Å²) in [4.78, 5) is 13.8. The molecule has 1 atom stereocenters. The van der Waals surface area contributed by atoms with Crippen molar-refractivity contribution in [2.75, 3.05) is 20.3 Å². The first-order valence-electron chi connectivity index (χ1n) is 11.1. The van der Waals surface area contributed by atoms with E-state index in [2.05, 4.69) is 47.1 Å². The monoisotopic (exact) mass is 426 g/mol. The molecule has 0 aliphatic heterocycles. The number of hydrogen-bond acceptors (Lipinski definition) is 3. The molecule has 3 aromatic carbocycles. The molecule has 0 unspecified atom stereocenters. The number of benzene rings is 3. The van der Waals surface area contributed by atoms with Crippen LogP contribution in [0.5, 0.6) is 0 Å². The lowest BCUT2D eigenvalue weighted by atomic mass is 9.96. The van der Waals surface area contributed by atoms with E-state index in [1.807, 2.05) is 54.7 Å². The largest absolute Gasteiger partial charge is 0.383 e. The number of nitrogens with one attached hydrogen (secondary N) is 1. The third-order valence-corrected chi connectivity index (χ3v) is 5.87. The fraction of sp³-hybridized carbons (Fsp3) is 0.250. The number of fused-ring (bicyclic) bond motifs is 1. The zero-order valence-electron chi connectivity index (χ0n) is 18.8. The van der Waals surface area contributed by atoms with Crippen LogP contribution in [0, 0.1) is 6.92 Å². The van der Waals surface area contributed by atoms with Gasteiger partial charge in [0, 0.05) is 42.9 Å². The SMILES string of the molecule is COCCn1cc(C(=O)[C@H](NCCc2ccc(C)cc2)c2ccccc2)c2ccccc21. The number of para-hydroxylation sites is 1. The van der Waals surface area contributed by atoms with Crippen LogP contribution in [0.15, 0.2) is 85.1 Å². The molecular weight excluding hydrogens is 396 g/mol. The third-order valence-electron chi connectivity index (χ3n) is 5.87. The number of carbonyl (C=O) groups is 1. The summed E-state index contributed by atoms with van der Waals surface area (Å²) in [5, 5.41) is 4.51. The average Bonchev–Trinajstić information content (AvgIpc) is 3.20. The quantitative estimate of drug-likeness (QED) is 0.348. The Morgan fingerprint density at radius 2 is 1.69 bits per heavy atom. The standard InChI is InChI=1S/C28H30N2O2/c1-21-12-14-22(15-13-21)16-17-29-27(23-8-4-3-5-9-23)28(31)25-20-30(18-19-32-2)26-11-7-6-10-24(25)26/h3-15,20,27,29H,16-19H2,1-2H3/t27-/m1/s1. The molecule has 4 nitrogen and oxygen atoms in total. The molecule has 4 heteroatoms. The summed E-state index contributed by atoms with van der Waals surface area (Å²) in [6.07, 6.45) is 2.84. The molecule has 0 spiro atoms. The number of ether oxygens (including phenoxy) is 1. The molecule has 0 bridgehead atoms. The maximum Gasteiger partial charge on any atom is 0.186 e. The maximum atomic E-state index is 13.8. The minimum Gasteiger partial charge on any atom is -0.383 e. The molecule has 0 saturated heterocycles. The van der Waals surface area contributed by atoms with E-state index in [0.717, 1.165) is 35.0 Å². The highest BCUT2D eigenvalue weighted by molar-refractivity contribution is 6.10. The fourth-order valence-corrected chi connectivity index (χ4v) is 4.10. The molecule has 0 aliphatic carbocycles. The van der Waals surface area contributed by atoms with E-state index >= 15 is 0 Å². The molecule has 0 aliphatic rings. The Hall–Kier alpha value is -3.21. The molecule has 0 fully saturated rings. The van der Waals surface area contributed by atoms with Gasteiger partial charge in [0.2, 0.25) is 0 Å². The molecule has 4 aromatic rings. The zero-order chi connectivity index (χ0) is 22.3. The summed E-state index contributed by atoms with van der Waals surface area (Å²) in [6, 6.07) is 26.2. The molecule has 0 radical (unpaired) electrons. The first-order valence-corrected chi connectivity index (χ1v) is 11.1. The number of aromatic nitrogens is 1. The summed E-state index contributed by atoms with van der Waals surface area (Å²) in [6.45, 7) is 4.12. The van der Waals surface area contributed by atoms with Crippen LogP contribution in [0.3, 0.4) is 0 Å². The smallest absolute Gasteiger partial charge is 0.186 e. The van der Waals surface area contributed by atoms with Crippen molar-refractivity contribution in [3.8, 4) is 0 Å². The van der Waals surface area contributed by atoms with Crippen LogP contribution in [-0.4, -0.2) is 30.6 Å². The first-order chi connectivity index (χ1) is 15.7. The number of methoxy groups -OCH3 is 1. The van der Waals surface area contributed by atoms with Crippen molar-refractivity contribution >= 4 is 16.7 Å². The summed E-state index contributed by atoms with van der Waals surface area (Å²) in [5.41, 5.74) is 5.30. The first kappa shape index (κ1) is 22.0. The second kappa shape index (κ2) is 10.4. The van der Waals surface area contributed by atoms with Gasteiger partial charge in [-0.05, 0) is 30.5 Å². The van der Waals surface area contributed by atoms with Crippen LogP contribution in [0.1, 0.15) is 33.1 Å². The van der Waals surface area contributed by atoms with Gasteiger partial charge < -0.3 is 14.6 Å². The summed E-state index contributed by atoms with van der Waals surface area (Å²) in [5.74, 6) is 0.0903. The van der Waals surface area contributed by atoms with Crippen LogP contribution in [0.2, 0.25) is 0 Å². The van der Waals surface area contributed by atoms with Crippen LogP contribution >= 0.6 is 0 Å². The van der Waals surface area contributed by atoms with E-state index < -0.39 is 6.04 Å². The maximum absolute atomic E-state index is 13.8. The highest BCUT2D eigenvalue weighted by Crippen LogP contribution is 2.27. The van der Waals surface area contributed by atoms with Crippen molar-refractivity contribution in [1.29, 1.82) is 0 Å². The Morgan fingerprint density at radius 1 is 0.969 bits per heavy atom. The Morgan fingerprint density at radius 3 is 2.44 bits per heavy atom. The van der Waals surface area contributed by atoms with Crippen molar-refractivity contribution in [1.82, 2.24) is 9.88 Å². The second-order valence-corrected chi connectivity index (χ2v) is 8.14. The Kier molecular flexibility index (Phi) is 7.15. The molecule has 0 saturated carbocycles. The predicted octanol–water partition coefficient (Wildman–Crippen LogP) is 5.35. The summed E-state index contributed by atoms with van der Waals surface area (Å²) < 4.78 is 7.38. The number of hydrogen-bond donors (Lipinski definition) is 1. The molecular formula is C28H30N2O2. The van der Waals surface area contributed by atoms with E-state index in [1.54, 1.807) is 7.11 Å². The van der Waals surface area contributed by atoms with Crippen LogP contribution in [0.4, 0.5) is 0 Å². The number of ketones is 1. The van der Waals surface area contributed by atoms with Crippen LogP contribution < -0.4 is 5.32 Å². The molecule has 32 heavy (non-hydrogen) atoms. The second-order valence-electron chi connectivity index (χ2n) is 8.14. The van der Waals surface area contributed by atoms with Gasteiger partial charge in [-0.2, -0.15) is 0 Å². The van der Waals surface area contributed by atoms with E-state index in [0.29, 0.717) is 13.2 Å². The molecule has 1 aromatic heterocycles. The van der Waals surface area contributed by atoms with Crippen molar-refractivity contribution in [2.24, 2.45) is 0 Å². The Bertz CT molecular complexity index is 1160. The van der Waals surface area contributed by atoms with Gasteiger partial charge in [0.05, 0.1) is 12.6 Å². The summed E-state index contributed by atoms with van der Waals surface area (Å²) >= 11 is 0. The Balaban J connectivity index is 1.61. The third kappa shape index (κ3) is 4.98. The van der Waals surface area contributed by atoms with Crippen molar-refractivity contribution < 1.29 is 9.53 Å². The highest BCUT2D eigenvalue weighted by atomic mass is 16.5. The molecule has 1 heterocycles. The van der Waals surface area contributed by atoms with Crippen LogP contribution in [0.25, 0.3) is 10.9 Å². The number of Topliss-reactive ketones (excluding diaryl/α,β-unsaturated/α-hetero) is 1. The normalized spacial score (nSPS) is 12.2. The Labute approximate surface area is 189 Å². The minimum absolute atomic E-state index is 0.0903. The number of carbonyl (C=O) groups excluding carboxylic acids is 1. The van der Waals surface area contributed by atoms with Gasteiger partial charge in [0.15, 0.2) is 5.78 Å². The molecule has 4 rings (SSSR count). The van der Waals surface area contributed by atoms with Gasteiger partial charge in [-0.3, -0.25) is 4.79 Å². The molecule has 1 N–H and O–H groups in total. The lowest BCUT2D eigenvalue weighted by Crippen LogP contribution is -2.30.